The summed E-state index contributed by atoms with van der Waals surface area (Å²) in [6, 6.07) is 5.45. The van der Waals surface area contributed by atoms with Gasteiger partial charge in [0.25, 0.3) is 5.69 Å². The molecule has 3 rings (SSSR count). The standard InChI is InChI=1S/C16H15FN2O6S2/c1-8(17)11-13(20)18-12(16(27(2)24)26-14(11)18)15(21)25-7-9-3-5-10(6-4-9)19(22)23/h3-6,8,11,14H,7H2,1-2H3/t8-,11-,14+,27?/m0/s1. The van der Waals surface area contributed by atoms with Gasteiger partial charge in [0, 0.05) is 18.4 Å². The molecule has 2 aliphatic heterocycles. The Morgan fingerprint density at radius 2 is 2.07 bits per heavy atom. The first-order valence-electron chi connectivity index (χ1n) is 7.84. The van der Waals surface area contributed by atoms with E-state index in [-0.39, 0.29) is 22.2 Å². The lowest BCUT2D eigenvalue weighted by Gasteiger charge is -2.42. The molecular formula is C16H15FN2O6S2. The average Bonchev–Trinajstić information content (AvgIpc) is 2.95. The number of nitro benzene ring substituents is 1. The summed E-state index contributed by atoms with van der Waals surface area (Å²) in [5, 5.41) is 10.1. The summed E-state index contributed by atoms with van der Waals surface area (Å²) >= 11 is 1.04. The fourth-order valence-corrected chi connectivity index (χ4v) is 5.45. The lowest BCUT2D eigenvalue weighted by molar-refractivity contribution is -0.384. The fraction of sp³-hybridized carbons (Fsp3) is 0.375. The maximum absolute atomic E-state index is 13.6. The molecule has 0 aliphatic carbocycles. The number of rotatable bonds is 6. The molecule has 0 aromatic heterocycles. The smallest absolute Gasteiger partial charge is 0.357 e. The van der Waals surface area contributed by atoms with Gasteiger partial charge in [0.05, 0.1) is 21.6 Å². The molecule has 11 heteroatoms. The number of amides is 1. The van der Waals surface area contributed by atoms with E-state index in [9.17, 15) is 28.3 Å². The largest absolute Gasteiger partial charge is 0.456 e. The second-order valence-corrected chi connectivity index (χ2v) is 8.71. The van der Waals surface area contributed by atoms with Gasteiger partial charge in [-0.3, -0.25) is 24.0 Å². The van der Waals surface area contributed by atoms with Crippen LogP contribution in [0.1, 0.15) is 12.5 Å². The number of ether oxygens (including phenoxy) is 1. The summed E-state index contributed by atoms with van der Waals surface area (Å²) in [6.07, 6.45) is -0.0100. The van der Waals surface area contributed by atoms with Gasteiger partial charge in [-0.15, -0.1) is 0 Å². The predicted molar refractivity (Wildman–Crippen MR) is 96.3 cm³/mol. The normalized spacial score (nSPS) is 23.5. The van der Waals surface area contributed by atoms with Crippen LogP contribution in [0.15, 0.2) is 34.2 Å². The Bertz CT molecular complexity index is 870. The van der Waals surface area contributed by atoms with Crippen LogP contribution in [0.4, 0.5) is 10.1 Å². The molecule has 144 valence electrons. The van der Waals surface area contributed by atoms with Crippen molar-refractivity contribution in [1.82, 2.24) is 4.90 Å². The highest BCUT2D eigenvalue weighted by Gasteiger charge is 2.59. The highest BCUT2D eigenvalue weighted by molar-refractivity contribution is 8.17. The van der Waals surface area contributed by atoms with Crippen LogP contribution in [-0.4, -0.2) is 43.7 Å². The summed E-state index contributed by atoms with van der Waals surface area (Å²) in [4.78, 5) is 36.0. The van der Waals surface area contributed by atoms with Crippen LogP contribution in [0.2, 0.25) is 0 Å². The van der Waals surface area contributed by atoms with Crippen LogP contribution in [0.25, 0.3) is 0 Å². The third kappa shape index (κ3) is 3.48. The zero-order chi connectivity index (χ0) is 19.9. The molecule has 2 heterocycles. The quantitative estimate of drug-likeness (QED) is 0.304. The number of carbonyl (C=O) groups excluding carboxylic acids is 2. The lowest BCUT2D eigenvalue weighted by Crippen LogP contribution is -2.60. The van der Waals surface area contributed by atoms with Gasteiger partial charge in [0.15, 0.2) is 5.70 Å². The number of hydrogen-bond acceptors (Lipinski definition) is 7. The van der Waals surface area contributed by atoms with Gasteiger partial charge in [-0.05, 0) is 24.6 Å². The van der Waals surface area contributed by atoms with Gasteiger partial charge in [-0.2, -0.15) is 0 Å². The molecule has 0 saturated carbocycles. The van der Waals surface area contributed by atoms with Crippen molar-refractivity contribution in [1.29, 1.82) is 0 Å². The Balaban J connectivity index is 1.74. The van der Waals surface area contributed by atoms with E-state index in [1.807, 2.05) is 0 Å². The highest BCUT2D eigenvalue weighted by Crippen LogP contribution is 2.51. The molecule has 1 aromatic rings. The third-order valence-corrected chi connectivity index (χ3v) is 7.07. The number of hydrogen-bond donors (Lipinski definition) is 0. The van der Waals surface area contributed by atoms with Gasteiger partial charge in [0.1, 0.15) is 22.4 Å². The molecule has 0 bridgehead atoms. The van der Waals surface area contributed by atoms with Crippen molar-refractivity contribution in [3.63, 3.8) is 0 Å². The monoisotopic (exact) mass is 414 g/mol. The first kappa shape index (κ1) is 19.5. The first-order valence-corrected chi connectivity index (χ1v) is 10.3. The molecule has 4 atom stereocenters. The number of halogens is 1. The number of thioether (sulfide) groups is 1. The van der Waals surface area contributed by atoms with Crippen molar-refractivity contribution in [3.05, 3.63) is 49.9 Å². The Hall–Kier alpha value is -2.27. The van der Waals surface area contributed by atoms with Crippen molar-refractivity contribution in [2.24, 2.45) is 5.92 Å². The van der Waals surface area contributed by atoms with Crippen molar-refractivity contribution in [2.75, 3.05) is 6.26 Å². The Morgan fingerprint density at radius 3 is 2.59 bits per heavy atom. The molecule has 2 aliphatic rings. The Morgan fingerprint density at radius 1 is 1.44 bits per heavy atom. The van der Waals surface area contributed by atoms with Gasteiger partial charge in [-0.25, -0.2) is 9.18 Å². The summed E-state index contributed by atoms with van der Waals surface area (Å²) < 4.78 is 31.0. The molecule has 8 nitrogen and oxygen atoms in total. The number of nitro groups is 1. The van der Waals surface area contributed by atoms with E-state index in [0.29, 0.717) is 5.56 Å². The maximum Gasteiger partial charge on any atom is 0.357 e. The molecule has 0 radical (unpaired) electrons. The second kappa shape index (κ2) is 7.39. The number of alkyl halides is 1. The number of benzene rings is 1. The fourth-order valence-electron chi connectivity index (χ4n) is 2.85. The summed E-state index contributed by atoms with van der Waals surface area (Å²) in [7, 11) is -1.54. The van der Waals surface area contributed by atoms with Crippen LogP contribution in [0.5, 0.6) is 0 Å². The first-order chi connectivity index (χ1) is 12.7. The minimum atomic E-state index is -1.54. The minimum Gasteiger partial charge on any atom is -0.456 e. The van der Waals surface area contributed by atoms with Crippen molar-refractivity contribution < 1.29 is 27.8 Å². The maximum atomic E-state index is 13.6. The average molecular weight is 414 g/mol. The van der Waals surface area contributed by atoms with E-state index in [0.717, 1.165) is 16.7 Å². The van der Waals surface area contributed by atoms with Gasteiger partial charge in [-0.1, -0.05) is 11.8 Å². The molecule has 1 aromatic carbocycles. The predicted octanol–water partition coefficient (Wildman–Crippen LogP) is 2.07. The van der Waals surface area contributed by atoms with Gasteiger partial charge in [0.2, 0.25) is 5.91 Å². The summed E-state index contributed by atoms with van der Waals surface area (Å²) in [6.45, 7) is 1.10. The molecular weight excluding hydrogens is 399 g/mol. The Labute approximate surface area is 160 Å². The van der Waals surface area contributed by atoms with E-state index in [4.69, 9.17) is 4.74 Å². The molecule has 27 heavy (non-hydrogen) atoms. The number of carbonyl (C=O) groups is 2. The van der Waals surface area contributed by atoms with E-state index >= 15 is 0 Å². The summed E-state index contributed by atoms with van der Waals surface area (Å²) in [5.41, 5.74) is 0.305. The second-order valence-electron chi connectivity index (χ2n) is 6.01. The zero-order valence-corrected chi connectivity index (χ0v) is 15.9. The van der Waals surface area contributed by atoms with E-state index in [1.54, 1.807) is 0 Å². The zero-order valence-electron chi connectivity index (χ0n) is 14.3. The number of esters is 1. The SMILES string of the molecule is C[C@H](F)[C@H]1C(=O)N2C(C(=O)OCc3ccc([N+](=O)[O-])cc3)=C(S(C)=O)S[C@H]12. The molecule has 1 saturated heterocycles. The number of fused-ring (bicyclic) bond motifs is 1. The Kier molecular flexibility index (Phi) is 5.33. The minimum absolute atomic E-state index is 0.0935. The number of β-lactam (4-membered cyclic amide) rings is 1. The van der Waals surface area contributed by atoms with E-state index in [1.165, 1.54) is 37.4 Å². The molecule has 1 fully saturated rings. The van der Waals surface area contributed by atoms with E-state index in [2.05, 4.69) is 0 Å². The topological polar surface area (TPSA) is 107 Å². The van der Waals surface area contributed by atoms with E-state index < -0.39 is 45.1 Å². The molecule has 0 spiro atoms. The van der Waals surface area contributed by atoms with Crippen LogP contribution in [0.3, 0.4) is 0 Å². The van der Waals surface area contributed by atoms with Gasteiger partial charge >= 0.3 is 5.97 Å². The van der Waals surface area contributed by atoms with Crippen LogP contribution in [-0.2, 0) is 31.7 Å². The van der Waals surface area contributed by atoms with Crippen molar-refractivity contribution >= 4 is 40.1 Å². The van der Waals surface area contributed by atoms with Crippen LogP contribution in [0, 0.1) is 16.0 Å². The lowest BCUT2D eigenvalue weighted by atomic mass is 9.93. The highest BCUT2D eigenvalue weighted by atomic mass is 32.2. The molecule has 0 N–H and O–H groups in total. The van der Waals surface area contributed by atoms with Gasteiger partial charge < -0.3 is 4.74 Å². The number of non-ortho nitro benzene ring substituents is 1. The number of nitrogens with zero attached hydrogens (tertiary/aromatic N) is 2. The van der Waals surface area contributed by atoms with Crippen molar-refractivity contribution in [3.8, 4) is 0 Å². The van der Waals surface area contributed by atoms with Crippen molar-refractivity contribution in [2.45, 2.75) is 25.1 Å². The molecule has 1 amide bonds. The van der Waals surface area contributed by atoms with Crippen LogP contribution >= 0.6 is 11.8 Å². The van der Waals surface area contributed by atoms with Crippen LogP contribution < -0.4 is 0 Å². The molecule has 1 unspecified atom stereocenters. The summed E-state index contributed by atoms with van der Waals surface area (Å²) in [5.74, 6) is -2.26. The third-order valence-electron chi connectivity index (χ3n) is 4.21.